The van der Waals surface area contributed by atoms with Crippen LogP contribution in [0.1, 0.15) is 18.2 Å². The van der Waals surface area contributed by atoms with Crippen LogP contribution in [-0.2, 0) is 4.74 Å². The quantitative estimate of drug-likeness (QED) is 0.559. The highest BCUT2D eigenvalue weighted by Gasteiger charge is 2.33. The van der Waals surface area contributed by atoms with E-state index in [2.05, 4.69) is 37.7 Å². The van der Waals surface area contributed by atoms with Gasteiger partial charge < -0.3 is 25.4 Å². The Morgan fingerprint density at radius 3 is 2.81 bits per heavy atom. The van der Waals surface area contributed by atoms with E-state index < -0.39 is 0 Å². The van der Waals surface area contributed by atoms with Crippen LogP contribution < -0.4 is 15.5 Å². The van der Waals surface area contributed by atoms with E-state index >= 15 is 0 Å². The molecule has 1 aromatic carbocycles. The molecule has 3 N–H and O–H groups in total. The molecule has 2 aliphatic heterocycles. The van der Waals surface area contributed by atoms with E-state index in [4.69, 9.17) is 10.5 Å². The number of hydrogen-bond donors (Lipinski definition) is 2. The lowest BCUT2D eigenvalue weighted by atomic mass is 10.1. The number of aromatic nitrogens is 2. The molecule has 188 valence electrons. The first-order valence-electron chi connectivity index (χ1n) is 12.5. The van der Waals surface area contributed by atoms with Crippen LogP contribution in [0.3, 0.4) is 0 Å². The van der Waals surface area contributed by atoms with Crippen molar-refractivity contribution in [2.75, 3.05) is 61.4 Å². The molecule has 9 nitrogen and oxygen atoms in total. The van der Waals surface area contributed by atoms with Gasteiger partial charge in [-0.15, -0.1) is 0 Å². The predicted octanol–water partition coefficient (Wildman–Crippen LogP) is 2.17. The topological polar surface area (TPSA) is 115 Å². The molecule has 0 amide bonds. The van der Waals surface area contributed by atoms with E-state index in [-0.39, 0.29) is 24.9 Å². The van der Waals surface area contributed by atoms with Crippen molar-refractivity contribution in [2.45, 2.75) is 32.1 Å². The van der Waals surface area contributed by atoms with Gasteiger partial charge in [0.1, 0.15) is 11.9 Å². The van der Waals surface area contributed by atoms with Crippen molar-refractivity contribution in [1.82, 2.24) is 14.9 Å². The van der Waals surface area contributed by atoms with Gasteiger partial charge in [0, 0.05) is 74.0 Å². The zero-order valence-electron chi connectivity index (χ0n) is 20.8. The van der Waals surface area contributed by atoms with Crippen molar-refractivity contribution in [3.8, 4) is 6.07 Å². The summed E-state index contributed by atoms with van der Waals surface area (Å²) >= 11 is 0. The molecule has 9 heteroatoms. The van der Waals surface area contributed by atoms with Crippen LogP contribution in [-0.4, -0.2) is 84.1 Å². The van der Waals surface area contributed by atoms with E-state index in [1.54, 1.807) is 6.20 Å². The highest BCUT2D eigenvalue weighted by Crippen LogP contribution is 2.31. The van der Waals surface area contributed by atoms with Gasteiger partial charge in [-0.2, -0.15) is 5.26 Å². The zero-order valence-corrected chi connectivity index (χ0v) is 20.8. The number of nitrogen functional groups attached to an aromatic ring is 1. The Labute approximate surface area is 211 Å². The van der Waals surface area contributed by atoms with Crippen LogP contribution in [0.2, 0.25) is 0 Å². The summed E-state index contributed by atoms with van der Waals surface area (Å²) < 4.78 is 6.36. The van der Waals surface area contributed by atoms with Gasteiger partial charge in [0.15, 0.2) is 0 Å². The lowest BCUT2D eigenvalue weighted by Gasteiger charge is -2.45. The minimum Gasteiger partial charge on any atom is -0.395 e. The van der Waals surface area contributed by atoms with Crippen LogP contribution in [0.5, 0.6) is 0 Å². The number of nitrogens with two attached hydrogens (primary N) is 1. The fourth-order valence-electron chi connectivity index (χ4n) is 5.53. The number of pyridine rings is 2. The van der Waals surface area contributed by atoms with E-state index in [1.807, 2.05) is 43.3 Å². The number of piperazine rings is 1. The number of aryl methyl sites for hydroxylation is 1. The van der Waals surface area contributed by atoms with Crippen molar-refractivity contribution in [3.63, 3.8) is 0 Å². The number of fused-ring (bicyclic) bond motifs is 1. The van der Waals surface area contributed by atoms with E-state index in [0.29, 0.717) is 11.4 Å². The van der Waals surface area contributed by atoms with Crippen molar-refractivity contribution in [2.24, 2.45) is 0 Å². The van der Waals surface area contributed by atoms with E-state index in [9.17, 15) is 10.4 Å². The minimum absolute atomic E-state index is 0.00247. The maximum absolute atomic E-state index is 10.2. The molecule has 0 saturated carbocycles. The van der Waals surface area contributed by atoms with Gasteiger partial charge in [-0.3, -0.25) is 9.88 Å². The Morgan fingerprint density at radius 1 is 1.17 bits per heavy atom. The molecule has 3 atom stereocenters. The molecule has 0 radical (unpaired) electrons. The number of benzene rings is 1. The summed E-state index contributed by atoms with van der Waals surface area (Å²) in [5.41, 5.74) is 10.3. The molecule has 5 rings (SSSR count). The fraction of sp³-hybridized carbons (Fsp3) is 0.444. The van der Waals surface area contributed by atoms with Crippen molar-refractivity contribution in [3.05, 3.63) is 53.9 Å². The molecule has 2 aromatic heterocycles. The Hall–Kier alpha value is -3.45. The molecule has 2 aliphatic rings. The molecule has 3 unspecified atom stereocenters. The number of aliphatic hydroxyl groups excluding tert-OH is 1. The van der Waals surface area contributed by atoms with Crippen molar-refractivity contribution >= 4 is 28.1 Å². The second kappa shape index (κ2) is 10.3. The Bertz CT molecular complexity index is 1260. The van der Waals surface area contributed by atoms with Crippen molar-refractivity contribution in [1.29, 1.82) is 5.26 Å². The third-order valence-corrected chi connectivity index (χ3v) is 7.11. The number of aliphatic hydroxyl groups is 1. The molecule has 36 heavy (non-hydrogen) atoms. The summed E-state index contributed by atoms with van der Waals surface area (Å²) in [5.74, 6) is 0.517. The summed E-state index contributed by atoms with van der Waals surface area (Å²) in [6.07, 6.45) is 1.78. The van der Waals surface area contributed by atoms with E-state index in [1.165, 1.54) is 0 Å². The molecule has 2 saturated heterocycles. The molecule has 0 spiro atoms. The number of anilines is 3. The van der Waals surface area contributed by atoms with Crippen LogP contribution in [0, 0.1) is 18.3 Å². The van der Waals surface area contributed by atoms with Crippen LogP contribution in [0.25, 0.3) is 10.9 Å². The predicted molar refractivity (Wildman–Crippen MR) is 141 cm³/mol. The highest BCUT2D eigenvalue weighted by molar-refractivity contribution is 5.95. The second-order valence-corrected chi connectivity index (χ2v) is 9.79. The molecule has 0 bridgehead atoms. The number of rotatable bonds is 5. The molecule has 0 aliphatic carbocycles. The number of nitriles is 1. The van der Waals surface area contributed by atoms with Gasteiger partial charge in [0.2, 0.25) is 0 Å². The Balaban J connectivity index is 1.31. The normalized spacial score (nSPS) is 23.1. The lowest BCUT2D eigenvalue weighted by molar-refractivity contribution is -0.0429. The Morgan fingerprint density at radius 2 is 2.03 bits per heavy atom. The SMILES string of the molecule is Cc1cc(N2CCN(CC3CN(c4ccc(C#N)c5ncccc45)CC(C)O3)C(CO)C2)cc(N)n1. The zero-order chi connectivity index (χ0) is 25.2. The highest BCUT2D eigenvalue weighted by atomic mass is 16.5. The monoisotopic (exact) mass is 487 g/mol. The van der Waals surface area contributed by atoms with E-state index in [0.717, 1.165) is 67.2 Å². The minimum atomic E-state index is -0.00414. The fourth-order valence-corrected chi connectivity index (χ4v) is 5.53. The van der Waals surface area contributed by atoms with Crippen LogP contribution in [0.4, 0.5) is 17.2 Å². The van der Waals surface area contributed by atoms with Gasteiger partial charge in [-0.25, -0.2) is 4.98 Å². The summed E-state index contributed by atoms with van der Waals surface area (Å²) in [6.45, 7) is 8.75. The van der Waals surface area contributed by atoms with Gasteiger partial charge in [-0.05, 0) is 44.2 Å². The number of nitrogens with zero attached hydrogens (tertiary/aromatic N) is 6. The van der Waals surface area contributed by atoms with Crippen LogP contribution >= 0.6 is 0 Å². The van der Waals surface area contributed by atoms with Gasteiger partial charge >= 0.3 is 0 Å². The summed E-state index contributed by atoms with van der Waals surface area (Å²) in [4.78, 5) is 15.7. The summed E-state index contributed by atoms with van der Waals surface area (Å²) in [6, 6.07) is 14.0. The molecule has 4 heterocycles. The number of morpholine rings is 1. The van der Waals surface area contributed by atoms with Crippen molar-refractivity contribution < 1.29 is 9.84 Å². The first-order valence-corrected chi connectivity index (χ1v) is 12.5. The number of ether oxygens (including phenoxy) is 1. The van der Waals surface area contributed by atoms with Gasteiger partial charge in [0.25, 0.3) is 0 Å². The average Bonchev–Trinajstić information content (AvgIpc) is 2.87. The first-order chi connectivity index (χ1) is 17.4. The Kier molecular flexibility index (Phi) is 6.92. The maximum Gasteiger partial charge on any atom is 0.125 e. The van der Waals surface area contributed by atoms with Crippen LogP contribution in [0.15, 0.2) is 42.6 Å². The average molecular weight is 488 g/mol. The maximum atomic E-state index is 10.2. The largest absolute Gasteiger partial charge is 0.395 e. The number of hydrogen-bond acceptors (Lipinski definition) is 9. The molecule has 3 aromatic rings. The van der Waals surface area contributed by atoms with Gasteiger partial charge in [-0.1, -0.05) is 0 Å². The smallest absolute Gasteiger partial charge is 0.125 e. The third-order valence-electron chi connectivity index (χ3n) is 7.11. The lowest BCUT2D eigenvalue weighted by Crippen LogP contribution is -2.59. The molecular formula is C27H33N7O2. The molecule has 2 fully saturated rings. The summed E-state index contributed by atoms with van der Waals surface area (Å²) in [7, 11) is 0. The summed E-state index contributed by atoms with van der Waals surface area (Å²) in [5, 5.41) is 20.7. The van der Waals surface area contributed by atoms with Gasteiger partial charge in [0.05, 0.1) is 35.9 Å². The second-order valence-electron chi connectivity index (χ2n) is 9.79. The standard InChI is InChI=1S/C27H33N7O2/c1-18-10-21(11-26(29)31-18)32-8-9-33(22(14-32)17-35)15-23-16-34(13-19(2)36-23)25-6-5-20(12-28)27-24(25)4-3-7-30-27/h3-7,10-11,19,22-23,35H,8-9,13-17H2,1-2H3,(H2,29,31). The third kappa shape index (κ3) is 4.93. The molecular weight excluding hydrogens is 454 g/mol. The first kappa shape index (κ1) is 24.3.